The monoisotopic (exact) mass is 572 g/mol. The molecule has 6 nitrogen and oxygen atoms in total. The number of carbonyl (C=O) groups is 1. The van der Waals surface area contributed by atoms with E-state index in [1.54, 1.807) is 11.8 Å². The van der Waals surface area contributed by atoms with E-state index in [-0.39, 0.29) is 11.9 Å². The number of hydrogen-bond donors (Lipinski definition) is 1. The van der Waals surface area contributed by atoms with E-state index in [1.165, 1.54) is 27.4 Å². The maximum absolute atomic E-state index is 13.6. The number of anilines is 1. The first kappa shape index (κ1) is 28.4. The maximum atomic E-state index is 13.6. The third-order valence-corrected chi connectivity index (χ3v) is 8.77. The number of carbonyl (C=O) groups excluding carboxylic acids is 1. The van der Waals surface area contributed by atoms with Crippen molar-refractivity contribution in [1.82, 2.24) is 14.8 Å². The van der Waals surface area contributed by atoms with Crippen molar-refractivity contribution >= 4 is 34.3 Å². The van der Waals surface area contributed by atoms with Gasteiger partial charge in [-0.3, -0.25) is 10.2 Å². The summed E-state index contributed by atoms with van der Waals surface area (Å²) >= 11 is 3.18. The quantitative estimate of drug-likeness (QED) is 0.198. The molecule has 1 fully saturated rings. The number of thioether (sulfide) groups is 1. The van der Waals surface area contributed by atoms with Crippen LogP contribution in [0.3, 0.4) is 0 Å². The Kier molecular flexibility index (Phi) is 10.3. The zero-order valence-corrected chi connectivity index (χ0v) is 24.5. The van der Waals surface area contributed by atoms with Crippen molar-refractivity contribution in [3.8, 4) is 11.3 Å². The van der Waals surface area contributed by atoms with Crippen LogP contribution in [0.15, 0.2) is 95.2 Å². The van der Waals surface area contributed by atoms with Crippen LogP contribution in [0.2, 0.25) is 0 Å². The molecule has 4 aromatic rings. The third-order valence-electron chi connectivity index (χ3n) is 7.27. The van der Waals surface area contributed by atoms with Crippen LogP contribution >= 0.6 is 23.1 Å². The summed E-state index contributed by atoms with van der Waals surface area (Å²) in [5, 5.41) is 5.71. The van der Waals surface area contributed by atoms with E-state index in [9.17, 15) is 4.79 Å². The Labute approximate surface area is 245 Å². The molecule has 40 heavy (non-hydrogen) atoms. The van der Waals surface area contributed by atoms with Crippen LogP contribution < -0.4 is 5.32 Å². The van der Waals surface area contributed by atoms with E-state index < -0.39 is 0 Å². The van der Waals surface area contributed by atoms with E-state index in [2.05, 4.69) is 89.3 Å². The largest absolute Gasteiger partial charge is 0.379 e. The van der Waals surface area contributed by atoms with Crippen LogP contribution in [-0.2, 0) is 4.74 Å². The van der Waals surface area contributed by atoms with Gasteiger partial charge in [0, 0.05) is 54.5 Å². The van der Waals surface area contributed by atoms with Crippen LogP contribution in [0.1, 0.15) is 23.5 Å². The fourth-order valence-electron chi connectivity index (χ4n) is 4.98. The Morgan fingerprint density at radius 1 is 0.975 bits per heavy atom. The topological polar surface area (TPSA) is 57.7 Å². The van der Waals surface area contributed by atoms with Gasteiger partial charge in [-0.15, -0.1) is 23.1 Å². The minimum Gasteiger partial charge on any atom is -0.379 e. The molecule has 1 aliphatic rings. The molecule has 0 saturated carbocycles. The second kappa shape index (κ2) is 14.5. The number of urea groups is 1. The van der Waals surface area contributed by atoms with Crippen molar-refractivity contribution in [2.24, 2.45) is 0 Å². The molecule has 8 heteroatoms. The second-order valence-corrected chi connectivity index (χ2v) is 11.5. The average Bonchev–Trinajstić information content (AvgIpc) is 3.48. The van der Waals surface area contributed by atoms with Gasteiger partial charge in [0.25, 0.3) is 0 Å². The molecule has 1 aliphatic heterocycles. The molecule has 0 atom stereocenters. The standard InChI is InChI=1S/C32H36N4O2S2/c1-39-28-14-12-27(13-15-28)30-24-40-31(33-30)34-32(37)36(19-18-35-20-22-38-23-21-35)17-16-29(25-8-4-2-5-9-25)26-10-6-3-7-11-26/h2-15,24,29H,16-23H2,1H3,(H,33,34,37). The second-order valence-electron chi connectivity index (χ2n) is 9.80. The summed E-state index contributed by atoms with van der Waals surface area (Å²) in [6, 6.07) is 29.4. The Morgan fingerprint density at radius 2 is 1.62 bits per heavy atom. The van der Waals surface area contributed by atoms with Crippen LogP contribution in [0, 0.1) is 0 Å². The molecule has 0 radical (unpaired) electrons. The molecule has 2 heterocycles. The number of benzene rings is 3. The van der Waals surface area contributed by atoms with E-state index in [4.69, 9.17) is 9.72 Å². The van der Waals surface area contributed by atoms with Gasteiger partial charge in [0.05, 0.1) is 18.9 Å². The molecule has 3 aromatic carbocycles. The van der Waals surface area contributed by atoms with Crippen molar-refractivity contribution in [3.05, 3.63) is 101 Å². The van der Waals surface area contributed by atoms with E-state index in [1.807, 2.05) is 22.4 Å². The predicted molar refractivity (Wildman–Crippen MR) is 167 cm³/mol. The van der Waals surface area contributed by atoms with Gasteiger partial charge in [-0.05, 0) is 35.9 Å². The summed E-state index contributed by atoms with van der Waals surface area (Å²) in [6.45, 7) is 5.40. The molecular weight excluding hydrogens is 537 g/mol. The van der Waals surface area contributed by atoms with Crippen LogP contribution in [-0.4, -0.2) is 73.0 Å². The molecule has 0 unspecified atom stereocenters. The van der Waals surface area contributed by atoms with Gasteiger partial charge < -0.3 is 9.64 Å². The Hall–Kier alpha value is -3.17. The molecule has 0 spiro atoms. The highest BCUT2D eigenvalue weighted by atomic mass is 32.2. The van der Waals surface area contributed by atoms with E-state index in [0.717, 1.165) is 50.5 Å². The highest BCUT2D eigenvalue weighted by Gasteiger charge is 2.21. The average molecular weight is 573 g/mol. The summed E-state index contributed by atoms with van der Waals surface area (Å²) in [6.07, 6.45) is 2.90. The van der Waals surface area contributed by atoms with Crippen molar-refractivity contribution in [1.29, 1.82) is 0 Å². The number of amides is 2. The smallest absolute Gasteiger partial charge is 0.323 e. The van der Waals surface area contributed by atoms with Crippen molar-refractivity contribution in [3.63, 3.8) is 0 Å². The molecule has 1 saturated heterocycles. The van der Waals surface area contributed by atoms with Gasteiger partial charge in [-0.1, -0.05) is 72.8 Å². The molecular formula is C32H36N4O2S2. The summed E-state index contributed by atoms with van der Waals surface area (Å²) in [7, 11) is 0. The minimum absolute atomic E-state index is 0.105. The van der Waals surface area contributed by atoms with Gasteiger partial charge in [0.15, 0.2) is 5.13 Å². The summed E-state index contributed by atoms with van der Waals surface area (Å²) < 4.78 is 5.52. The number of ether oxygens (including phenoxy) is 1. The van der Waals surface area contributed by atoms with Crippen LogP contribution in [0.4, 0.5) is 9.93 Å². The van der Waals surface area contributed by atoms with Gasteiger partial charge >= 0.3 is 6.03 Å². The number of morpholine rings is 1. The summed E-state index contributed by atoms with van der Waals surface area (Å²) in [5.74, 6) is 0.205. The zero-order valence-electron chi connectivity index (χ0n) is 22.9. The van der Waals surface area contributed by atoms with Gasteiger partial charge in [0.2, 0.25) is 0 Å². The SMILES string of the molecule is CSc1ccc(-c2csc(NC(=O)N(CCC(c3ccccc3)c3ccccc3)CCN3CCOCC3)n2)cc1. The highest BCUT2D eigenvalue weighted by Crippen LogP contribution is 2.29. The number of nitrogens with one attached hydrogen (secondary N) is 1. The minimum atomic E-state index is -0.105. The Morgan fingerprint density at radius 3 is 2.25 bits per heavy atom. The maximum Gasteiger partial charge on any atom is 0.323 e. The Bertz CT molecular complexity index is 1290. The van der Waals surface area contributed by atoms with E-state index in [0.29, 0.717) is 18.2 Å². The lowest BCUT2D eigenvalue weighted by Crippen LogP contribution is -2.44. The molecule has 2 amide bonds. The summed E-state index contributed by atoms with van der Waals surface area (Å²) in [4.78, 5) is 23.9. The van der Waals surface area contributed by atoms with Gasteiger partial charge in [-0.25, -0.2) is 9.78 Å². The lowest BCUT2D eigenvalue weighted by Gasteiger charge is -2.31. The lowest BCUT2D eigenvalue weighted by molar-refractivity contribution is 0.0351. The molecule has 1 aromatic heterocycles. The number of aromatic nitrogens is 1. The first-order chi connectivity index (χ1) is 19.7. The van der Waals surface area contributed by atoms with Crippen LogP contribution in [0.25, 0.3) is 11.3 Å². The number of nitrogens with zero attached hydrogens (tertiary/aromatic N) is 3. The number of thiazole rings is 1. The molecule has 5 rings (SSSR count). The first-order valence-corrected chi connectivity index (χ1v) is 15.9. The zero-order chi connectivity index (χ0) is 27.6. The molecule has 208 valence electrons. The van der Waals surface area contributed by atoms with Gasteiger partial charge in [-0.2, -0.15) is 0 Å². The summed E-state index contributed by atoms with van der Waals surface area (Å²) in [5.41, 5.74) is 4.45. The predicted octanol–water partition coefficient (Wildman–Crippen LogP) is 6.92. The molecule has 0 aliphatic carbocycles. The third kappa shape index (κ3) is 7.73. The number of rotatable bonds is 11. The highest BCUT2D eigenvalue weighted by molar-refractivity contribution is 7.98. The Balaban J connectivity index is 1.30. The molecule has 0 bridgehead atoms. The fourth-order valence-corrected chi connectivity index (χ4v) is 6.10. The van der Waals surface area contributed by atoms with E-state index >= 15 is 0 Å². The first-order valence-electron chi connectivity index (χ1n) is 13.8. The lowest BCUT2D eigenvalue weighted by atomic mass is 9.88. The van der Waals surface area contributed by atoms with Crippen molar-refractivity contribution in [2.45, 2.75) is 17.2 Å². The number of hydrogen-bond acceptors (Lipinski definition) is 6. The van der Waals surface area contributed by atoms with Crippen molar-refractivity contribution < 1.29 is 9.53 Å². The van der Waals surface area contributed by atoms with Crippen molar-refractivity contribution in [2.75, 3.05) is 57.5 Å². The van der Waals surface area contributed by atoms with Gasteiger partial charge in [0.1, 0.15) is 0 Å². The fraction of sp³-hybridized carbons (Fsp3) is 0.312. The normalized spacial score (nSPS) is 13.8. The molecule has 1 N–H and O–H groups in total. The van der Waals surface area contributed by atoms with Crippen LogP contribution in [0.5, 0.6) is 0 Å².